The Labute approximate surface area is 102 Å². The predicted molar refractivity (Wildman–Crippen MR) is 65.9 cm³/mol. The Morgan fingerprint density at radius 3 is 2.94 bits per heavy atom. The van der Waals surface area contributed by atoms with E-state index in [1.807, 2.05) is 6.07 Å². The van der Waals surface area contributed by atoms with Crippen molar-refractivity contribution in [3.8, 4) is 11.8 Å². The van der Waals surface area contributed by atoms with Crippen LogP contribution < -0.4 is 4.74 Å². The van der Waals surface area contributed by atoms with E-state index >= 15 is 0 Å². The molecular weight excluding hydrogens is 210 g/mol. The highest BCUT2D eigenvalue weighted by Crippen LogP contribution is 2.55. The van der Waals surface area contributed by atoms with Crippen molar-refractivity contribution in [2.24, 2.45) is 5.92 Å². The van der Waals surface area contributed by atoms with Crippen LogP contribution in [0.2, 0.25) is 0 Å². The standard InChI is InChI=1S/C15H17NO/c1-17-13-5-4-11-3-2-7-15(14(11)9-13)8-6-12(15)10-16/h4-5,9,12H,2-3,6-8H2,1H3/t12-,15-/m0/s1. The fourth-order valence-corrected chi connectivity index (χ4v) is 3.54. The Bertz CT molecular complexity index is 488. The molecule has 1 fully saturated rings. The molecule has 2 atom stereocenters. The Kier molecular flexibility index (Phi) is 2.36. The second-order valence-corrected chi connectivity index (χ2v) is 5.25. The van der Waals surface area contributed by atoms with E-state index in [1.165, 1.54) is 30.4 Å². The van der Waals surface area contributed by atoms with E-state index in [0.29, 0.717) is 0 Å². The summed E-state index contributed by atoms with van der Waals surface area (Å²) in [4.78, 5) is 0. The van der Waals surface area contributed by atoms with Crippen molar-refractivity contribution in [1.29, 1.82) is 5.26 Å². The lowest BCUT2D eigenvalue weighted by Crippen LogP contribution is -2.46. The molecule has 0 N–H and O–H groups in total. The molecule has 1 spiro atoms. The number of ether oxygens (including phenoxy) is 1. The monoisotopic (exact) mass is 227 g/mol. The summed E-state index contributed by atoms with van der Waals surface area (Å²) in [7, 11) is 1.71. The zero-order valence-electron chi connectivity index (χ0n) is 10.2. The summed E-state index contributed by atoms with van der Waals surface area (Å²) in [5.74, 6) is 1.14. The van der Waals surface area contributed by atoms with Crippen molar-refractivity contribution in [2.45, 2.75) is 37.5 Å². The van der Waals surface area contributed by atoms with Crippen LogP contribution in [0.1, 0.15) is 36.8 Å². The number of methoxy groups -OCH3 is 1. The van der Waals surface area contributed by atoms with E-state index in [-0.39, 0.29) is 11.3 Å². The molecule has 17 heavy (non-hydrogen) atoms. The maximum atomic E-state index is 9.27. The van der Waals surface area contributed by atoms with Gasteiger partial charge in [-0.3, -0.25) is 0 Å². The number of benzene rings is 1. The average Bonchev–Trinajstić information content (AvgIpc) is 2.36. The van der Waals surface area contributed by atoms with Crippen LogP contribution in [-0.4, -0.2) is 7.11 Å². The lowest BCUT2D eigenvalue weighted by Gasteiger charge is -2.50. The molecule has 2 heteroatoms. The van der Waals surface area contributed by atoms with Gasteiger partial charge in [-0.1, -0.05) is 6.07 Å². The molecule has 1 aromatic rings. The van der Waals surface area contributed by atoms with Gasteiger partial charge < -0.3 is 4.74 Å². The lowest BCUT2D eigenvalue weighted by molar-refractivity contribution is 0.143. The minimum atomic E-state index is 0.150. The summed E-state index contributed by atoms with van der Waals surface area (Å²) in [6, 6.07) is 8.89. The number of aryl methyl sites for hydroxylation is 1. The zero-order chi connectivity index (χ0) is 11.9. The zero-order valence-corrected chi connectivity index (χ0v) is 10.2. The summed E-state index contributed by atoms with van der Waals surface area (Å²) < 4.78 is 5.33. The topological polar surface area (TPSA) is 33.0 Å². The summed E-state index contributed by atoms with van der Waals surface area (Å²) in [6.45, 7) is 0. The minimum Gasteiger partial charge on any atom is -0.497 e. The number of hydrogen-bond donors (Lipinski definition) is 0. The van der Waals surface area contributed by atoms with E-state index in [4.69, 9.17) is 4.74 Å². The Morgan fingerprint density at radius 2 is 2.29 bits per heavy atom. The van der Waals surface area contributed by atoms with Gasteiger partial charge in [-0.2, -0.15) is 5.26 Å². The molecule has 0 aromatic heterocycles. The maximum Gasteiger partial charge on any atom is 0.119 e. The van der Waals surface area contributed by atoms with Crippen LogP contribution in [0.4, 0.5) is 0 Å². The lowest BCUT2D eigenvalue weighted by atomic mass is 9.52. The van der Waals surface area contributed by atoms with Crippen LogP contribution >= 0.6 is 0 Å². The first kappa shape index (κ1) is 10.7. The first-order valence-electron chi connectivity index (χ1n) is 6.37. The van der Waals surface area contributed by atoms with Crippen molar-refractivity contribution >= 4 is 0 Å². The molecule has 0 aliphatic heterocycles. The van der Waals surface area contributed by atoms with Gasteiger partial charge in [0.05, 0.1) is 19.1 Å². The van der Waals surface area contributed by atoms with Crippen LogP contribution in [0, 0.1) is 17.2 Å². The highest BCUT2D eigenvalue weighted by Gasteiger charge is 2.50. The highest BCUT2D eigenvalue weighted by molar-refractivity contribution is 5.45. The molecule has 0 heterocycles. The maximum absolute atomic E-state index is 9.27. The first-order chi connectivity index (χ1) is 8.30. The molecule has 0 bridgehead atoms. The number of hydrogen-bond acceptors (Lipinski definition) is 2. The second kappa shape index (κ2) is 3.77. The molecule has 2 nitrogen and oxygen atoms in total. The van der Waals surface area contributed by atoms with E-state index in [1.54, 1.807) is 7.11 Å². The Morgan fingerprint density at radius 1 is 1.41 bits per heavy atom. The van der Waals surface area contributed by atoms with Gasteiger partial charge in [0.2, 0.25) is 0 Å². The predicted octanol–water partition coefficient (Wildman–Crippen LogP) is 3.20. The molecule has 3 rings (SSSR count). The normalized spacial score (nSPS) is 30.2. The third kappa shape index (κ3) is 1.38. The molecule has 1 aromatic carbocycles. The molecule has 0 saturated heterocycles. The van der Waals surface area contributed by atoms with Crippen LogP contribution in [0.3, 0.4) is 0 Å². The Balaban J connectivity index is 2.10. The van der Waals surface area contributed by atoms with Gasteiger partial charge >= 0.3 is 0 Å². The Hall–Kier alpha value is -1.49. The molecular formula is C15H17NO. The highest BCUT2D eigenvalue weighted by atomic mass is 16.5. The summed E-state index contributed by atoms with van der Waals surface area (Å²) in [5, 5.41) is 9.27. The third-order valence-electron chi connectivity index (χ3n) is 4.62. The van der Waals surface area contributed by atoms with Gasteiger partial charge in [0, 0.05) is 5.41 Å². The van der Waals surface area contributed by atoms with E-state index in [0.717, 1.165) is 18.6 Å². The van der Waals surface area contributed by atoms with E-state index in [2.05, 4.69) is 18.2 Å². The smallest absolute Gasteiger partial charge is 0.119 e. The number of fused-ring (bicyclic) bond motifs is 2. The van der Waals surface area contributed by atoms with Crippen molar-refractivity contribution in [3.05, 3.63) is 29.3 Å². The minimum absolute atomic E-state index is 0.150. The van der Waals surface area contributed by atoms with Gasteiger partial charge in [0.25, 0.3) is 0 Å². The van der Waals surface area contributed by atoms with Gasteiger partial charge in [0.15, 0.2) is 0 Å². The molecule has 0 radical (unpaired) electrons. The van der Waals surface area contributed by atoms with Crippen molar-refractivity contribution in [1.82, 2.24) is 0 Å². The fraction of sp³-hybridized carbons (Fsp3) is 0.533. The van der Waals surface area contributed by atoms with E-state index < -0.39 is 0 Å². The molecule has 0 unspecified atom stereocenters. The molecule has 2 aliphatic rings. The van der Waals surface area contributed by atoms with Crippen LogP contribution in [0.15, 0.2) is 18.2 Å². The number of nitrogens with zero attached hydrogens (tertiary/aromatic N) is 1. The molecule has 0 amide bonds. The molecule has 88 valence electrons. The van der Waals surface area contributed by atoms with Crippen LogP contribution in [-0.2, 0) is 11.8 Å². The average molecular weight is 227 g/mol. The summed E-state index contributed by atoms with van der Waals surface area (Å²) in [6.07, 6.45) is 5.78. The molecule has 1 saturated carbocycles. The largest absolute Gasteiger partial charge is 0.497 e. The summed E-state index contributed by atoms with van der Waals surface area (Å²) >= 11 is 0. The van der Waals surface area contributed by atoms with Crippen LogP contribution in [0.5, 0.6) is 5.75 Å². The quantitative estimate of drug-likeness (QED) is 0.738. The van der Waals surface area contributed by atoms with Gasteiger partial charge in [-0.25, -0.2) is 0 Å². The summed E-state index contributed by atoms with van der Waals surface area (Å²) in [5.41, 5.74) is 2.97. The van der Waals surface area contributed by atoms with Crippen molar-refractivity contribution in [2.75, 3.05) is 7.11 Å². The third-order valence-corrected chi connectivity index (χ3v) is 4.62. The number of rotatable bonds is 1. The van der Waals surface area contributed by atoms with Gasteiger partial charge in [-0.15, -0.1) is 0 Å². The van der Waals surface area contributed by atoms with Crippen molar-refractivity contribution in [3.63, 3.8) is 0 Å². The van der Waals surface area contributed by atoms with Gasteiger partial charge in [0.1, 0.15) is 5.75 Å². The van der Waals surface area contributed by atoms with Gasteiger partial charge in [-0.05, 0) is 55.4 Å². The van der Waals surface area contributed by atoms with Crippen LogP contribution in [0.25, 0.3) is 0 Å². The second-order valence-electron chi connectivity index (χ2n) is 5.25. The van der Waals surface area contributed by atoms with Crippen molar-refractivity contribution < 1.29 is 4.74 Å². The fourth-order valence-electron chi connectivity index (χ4n) is 3.54. The first-order valence-corrected chi connectivity index (χ1v) is 6.37. The SMILES string of the molecule is COc1ccc2c(c1)[C@@]1(CCC2)CC[C@H]1C#N. The number of nitriles is 1. The molecule has 2 aliphatic carbocycles. The van der Waals surface area contributed by atoms with E-state index in [9.17, 15) is 5.26 Å².